The number of methoxy groups -OCH3 is 2. The molecule has 2 N–H and O–H groups in total. The highest BCUT2D eigenvalue weighted by Crippen LogP contribution is 2.50. The van der Waals surface area contributed by atoms with Gasteiger partial charge < -0.3 is 14.8 Å². The molecule has 1 atom stereocenters. The summed E-state index contributed by atoms with van der Waals surface area (Å²) in [5.74, 6) is -0.973. The number of carbonyl (C=O) groups excluding carboxylic acids is 2. The lowest BCUT2D eigenvalue weighted by atomic mass is 9.84. The molecule has 0 aromatic heterocycles. The number of halogens is 2. The van der Waals surface area contributed by atoms with Crippen molar-refractivity contribution in [1.29, 1.82) is 0 Å². The zero-order chi connectivity index (χ0) is 27.0. The number of nitrogens with one attached hydrogen (secondary N) is 2. The molecular weight excluding hydrogens is 541 g/mol. The maximum Gasteiger partial charge on any atom is 0.408 e. The minimum absolute atomic E-state index is 0.0106. The molecule has 0 saturated carbocycles. The van der Waals surface area contributed by atoms with Gasteiger partial charge in [0.1, 0.15) is 10.6 Å². The summed E-state index contributed by atoms with van der Waals surface area (Å²) in [7, 11) is -2.12. The predicted octanol–water partition coefficient (Wildman–Crippen LogP) is 4.77. The van der Waals surface area contributed by atoms with E-state index in [0.717, 1.165) is 7.11 Å². The van der Waals surface area contributed by atoms with Crippen molar-refractivity contribution in [3.8, 4) is 5.75 Å². The average Bonchev–Trinajstić information content (AvgIpc) is 3.12. The van der Waals surface area contributed by atoms with Crippen LogP contribution in [0.4, 0.5) is 16.2 Å². The summed E-state index contributed by atoms with van der Waals surface area (Å²) in [5, 5.41) is 5.95. The van der Waals surface area contributed by atoms with Gasteiger partial charge in [0.2, 0.25) is 0 Å². The summed E-state index contributed by atoms with van der Waals surface area (Å²) in [6.45, 7) is 2.50. The van der Waals surface area contributed by atoms with Gasteiger partial charge in [-0.15, -0.1) is 0 Å². The van der Waals surface area contributed by atoms with Crippen LogP contribution in [0.5, 0.6) is 5.75 Å². The monoisotopic (exact) mass is 563 g/mol. The number of fused-ring (bicyclic) bond motifs is 1. The molecule has 0 fully saturated rings. The van der Waals surface area contributed by atoms with E-state index in [-0.39, 0.29) is 37.5 Å². The number of alkyl carbamates (subject to hydrolysis) is 1. The molecule has 3 aromatic carbocycles. The van der Waals surface area contributed by atoms with Crippen molar-refractivity contribution >= 4 is 56.6 Å². The van der Waals surface area contributed by atoms with Crippen LogP contribution in [0.3, 0.4) is 0 Å². The second kappa shape index (κ2) is 10.1. The van der Waals surface area contributed by atoms with Gasteiger partial charge in [0.25, 0.3) is 15.9 Å². The Balaban J connectivity index is 2.02. The van der Waals surface area contributed by atoms with E-state index in [1.54, 1.807) is 18.2 Å². The van der Waals surface area contributed by atoms with Crippen LogP contribution in [0, 0.1) is 0 Å². The average molecular weight is 564 g/mol. The molecule has 1 aliphatic rings. The summed E-state index contributed by atoms with van der Waals surface area (Å²) in [5.41, 5.74) is -1.19. The largest absolute Gasteiger partial charge is 0.495 e. The zero-order valence-electron chi connectivity index (χ0n) is 20.0. The van der Waals surface area contributed by atoms with E-state index in [0.29, 0.717) is 16.5 Å². The molecule has 0 spiro atoms. The van der Waals surface area contributed by atoms with E-state index >= 15 is 0 Å². The fraction of sp³-hybridized carbons (Fsp3) is 0.200. The van der Waals surface area contributed by atoms with Crippen LogP contribution in [0.15, 0.2) is 65.6 Å². The second-order valence-corrected chi connectivity index (χ2v) is 10.6. The highest BCUT2D eigenvalue weighted by atomic mass is 35.5. The number of carbonyl (C=O) groups is 2. The number of sulfonamides is 1. The van der Waals surface area contributed by atoms with Crippen LogP contribution in [0.1, 0.15) is 18.1 Å². The molecule has 0 aliphatic carbocycles. The van der Waals surface area contributed by atoms with E-state index < -0.39 is 27.6 Å². The minimum atomic E-state index is -4.57. The van der Waals surface area contributed by atoms with Crippen LogP contribution in [0.2, 0.25) is 10.0 Å². The molecule has 1 aliphatic heterocycles. The summed E-state index contributed by atoms with van der Waals surface area (Å²) in [4.78, 5) is 26.6. The second-order valence-electron chi connectivity index (χ2n) is 7.98. The first-order valence-electron chi connectivity index (χ1n) is 11.0. The Labute approximate surface area is 224 Å². The quantitative estimate of drug-likeness (QED) is 0.425. The van der Waals surface area contributed by atoms with Crippen molar-refractivity contribution in [2.75, 3.05) is 30.4 Å². The molecule has 194 valence electrons. The summed E-state index contributed by atoms with van der Waals surface area (Å²) < 4.78 is 39.0. The van der Waals surface area contributed by atoms with Crippen LogP contribution >= 0.6 is 23.2 Å². The van der Waals surface area contributed by atoms with Crippen LogP contribution < -0.4 is 19.7 Å². The van der Waals surface area contributed by atoms with Gasteiger partial charge in [-0.3, -0.25) is 10.1 Å². The normalized spacial score (nSPS) is 16.8. The number of rotatable bonds is 7. The molecule has 1 unspecified atom stereocenters. The molecular formula is C25H23Cl2N3O6S. The van der Waals surface area contributed by atoms with Crippen LogP contribution in [0.25, 0.3) is 0 Å². The van der Waals surface area contributed by atoms with Gasteiger partial charge in [0.05, 0.1) is 19.9 Å². The Bertz CT molecular complexity index is 1500. The fourth-order valence-corrected chi connectivity index (χ4v) is 6.37. The number of anilines is 2. The van der Waals surface area contributed by atoms with Gasteiger partial charge >= 0.3 is 6.09 Å². The van der Waals surface area contributed by atoms with E-state index in [1.807, 2.05) is 6.92 Å². The number of ether oxygens (including phenoxy) is 2. The van der Waals surface area contributed by atoms with Crippen molar-refractivity contribution < 1.29 is 27.5 Å². The van der Waals surface area contributed by atoms with Gasteiger partial charge in [-0.05, 0) is 43.3 Å². The summed E-state index contributed by atoms with van der Waals surface area (Å²) >= 11 is 12.8. The molecule has 0 saturated heterocycles. The number of nitrogens with zero attached hydrogens (tertiary/aromatic N) is 1. The SMILES string of the molecule is CCNc1ccc(S(=O)(=O)N2C(=O)C(NC(=O)OC)(c3ccccc3Cl)c3cc(Cl)ccc32)c(OC)c1. The van der Waals surface area contributed by atoms with Crippen molar-refractivity contribution in [1.82, 2.24) is 5.32 Å². The van der Waals surface area contributed by atoms with E-state index in [1.165, 1.54) is 49.6 Å². The zero-order valence-corrected chi connectivity index (χ0v) is 22.4. The lowest BCUT2D eigenvalue weighted by Gasteiger charge is -2.30. The predicted molar refractivity (Wildman–Crippen MR) is 141 cm³/mol. The number of amides is 2. The fourth-order valence-electron chi connectivity index (χ4n) is 4.31. The Morgan fingerprint density at radius 2 is 1.76 bits per heavy atom. The Kier molecular flexibility index (Phi) is 7.27. The third-order valence-corrected chi connectivity index (χ3v) is 8.20. The third kappa shape index (κ3) is 4.35. The van der Waals surface area contributed by atoms with Gasteiger partial charge in [-0.25, -0.2) is 13.2 Å². The smallest absolute Gasteiger partial charge is 0.408 e. The molecule has 2 amide bonds. The first-order valence-corrected chi connectivity index (χ1v) is 13.2. The lowest BCUT2D eigenvalue weighted by Crippen LogP contribution is -2.54. The molecule has 0 bridgehead atoms. The molecule has 9 nitrogen and oxygen atoms in total. The van der Waals surface area contributed by atoms with Crippen molar-refractivity contribution in [3.05, 3.63) is 81.8 Å². The molecule has 3 aromatic rings. The lowest BCUT2D eigenvalue weighted by molar-refractivity contribution is -0.121. The van der Waals surface area contributed by atoms with Gasteiger partial charge in [-0.2, -0.15) is 4.31 Å². The summed E-state index contributed by atoms with van der Waals surface area (Å²) in [6.07, 6.45) is -0.981. The maximum atomic E-state index is 14.3. The molecule has 1 heterocycles. The van der Waals surface area contributed by atoms with Crippen LogP contribution in [-0.4, -0.2) is 41.2 Å². The number of benzene rings is 3. The molecule has 37 heavy (non-hydrogen) atoms. The highest BCUT2D eigenvalue weighted by Gasteiger charge is 2.58. The van der Waals surface area contributed by atoms with Crippen molar-refractivity contribution in [2.24, 2.45) is 0 Å². The first-order chi connectivity index (χ1) is 17.6. The van der Waals surface area contributed by atoms with E-state index in [4.69, 9.17) is 32.7 Å². The maximum absolute atomic E-state index is 14.3. The van der Waals surface area contributed by atoms with Gasteiger partial charge in [0, 0.05) is 39.5 Å². The van der Waals surface area contributed by atoms with Gasteiger partial charge in [0.15, 0.2) is 5.54 Å². The van der Waals surface area contributed by atoms with Crippen LogP contribution in [-0.2, 0) is 25.1 Å². The van der Waals surface area contributed by atoms with Crippen molar-refractivity contribution in [3.63, 3.8) is 0 Å². The van der Waals surface area contributed by atoms with E-state index in [9.17, 15) is 18.0 Å². The molecule has 12 heteroatoms. The first kappa shape index (κ1) is 26.6. The number of hydrogen-bond acceptors (Lipinski definition) is 7. The standard InChI is InChI=1S/C25H23Cl2N3O6S/c1-4-28-16-10-12-22(21(14-16)35-2)37(33,34)30-20-11-9-15(26)13-18(20)25(23(30)31,29-24(32)36-3)17-7-5-6-8-19(17)27/h5-14,28H,4H2,1-3H3,(H,29,32). The minimum Gasteiger partial charge on any atom is -0.495 e. The molecule has 0 radical (unpaired) electrons. The van der Waals surface area contributed by atoms with Gasteiger partial charge in [-0.1, -0.05) is 41.4 Å². The van der Waals surface area contributed by atoms with E-state index in [2.05, 4.69) is 10.6 Å². The highest BCUT2D eigenvalue weighted by molar-refractivity contribution is 7.93. The Morgan fingerprint density at radius 3 is 2.41 bits per heavy atom. The topological polar surface area (TPSA) is 114 Å². The molecule has 4 rings (SSSR count). The Morgan fingerprint density at radius 1 is 1.03 bits per heavy atom. The summed E-state index contributed by atoms with van der Waals surface area (Å²) in [6, 6.07) is 15.0. The number of hydrogen-bond donors (Lipinski definition) is 2. The van der Waals surface area contributed by atoms with Crippen molar-refractivity contribution in [2.45, 2.75) is 17.4 Å². The Hall–Kier alpha value is -3.47. The third-order valence-electron chi connectivity index (χ3n) is 5.90.